The Kier molecular flexibility index (Phi) is 2.96. The van der Waals surface area contributed by atoms with Crippen LogP contribution in [-0.4, -0.2) is 21.5 Å². The van der Waals surface area contributed by atoms with Crippen molar-refractivity contribution in [3.63, 3.8) is 0 Å². The van der Waals surface area contributed by atoms with E-state index in [-0.39, 0.29) is 12.8 Å². The number of hydrogen-bond acceptors (Lipinski definition) is 4. The van der Waals surface area contributed by atoms with Crippen molar-refractivity contribution in [1.82, 2.24) is 5.32 Å². The quantitative estimate of drug-likeness (QED) is 0.425. The van der Waals surface area contributed by atoms with Gasteiger partial charge in [0.1, 0.15) is 0 Å². The van der Waals surface area contributed by atoms with Gasteiger partial charge in [0, 0.05) is 0 Å². The molecule has 3 atom stereocenters. The van der Waals surface area contributed by atoms with Crippen molar-refractivity contribution in [2.75, 3.05) is 0 Å². The molecular weight excluding hydrogens is 332 g/mol. The maximum atomic E-state index is 12.9. The number of ketones is 1. The van der Waals surface area contributed by atoms with Crippen LogP contribution in [-0.2, 0) is 17.5 Å². The van der Waals surface area contributed by atoms with Crippen LogP contribution in [0.5, 0.6) is 0 Å². The molecular formula is C9H9FINO4. The average molecular weight is 341 g/mol. The van der Waals surface area contributed by atoms with E-state index in [1.54, 1.807) is 0 Å². The van der Waals surface area contributed by atoms with E-state index in [2.05, 4.69) is 5.32 Å². The molecule has 1 N–H and O–H groups in total. The summed E-state index contributed by atoms with van der Waals surface area (Å²) in [5, 5.41) is 2.07. The van der Waals surface area contributed by atoms with Crippen molar-refractivity contribution in [2.45, 2.75) is 16.8 Å². The van der Waals surface area contributed by atoms with Gasteiger partial charge in [0.15, 0.2) is 0 Å². The molecule has 16 heavy (non-hydrogen) atoms. The molecule has 7 heteroatoms. The van der Waals surface area contributed by atoms with Crippen LogP contribution >= 0.6 is 19.8 Å². The van der Waals surface area contributed by atoms with E-state index in [4.69, 9.17) is 0 Å². The minimum atomic E-state index is -3.23. The molecule has 2 rings (SSSR count). The molecule has 3 unspecified atom stereocenters. The Morgan fingerprint density at radius 1 is 1.38 bits per heavy atom. The van der Waals surface area contributed by atoms with E-state index < -0.39 is 53.1 Å². The third-order valence-electron chi connectivity index (χ3n) is 2.61. The van der Waals surface area contributed by atoms with Crippen LogP contribution in [0.2, 0.25) is 0 Å². The van der Waals surface area contributed by atoms with Gasteiger partial charge in [-0.2, -0.15) is 0 Å². The summed E-state index contributed by atoms with van der Waals surface area (Å²) in [7, 11) is 0. The molecule has 2 amide bonds. The van der Waals surface area contributed by atoms with Gasteiger partial charge in [-0.1, -0.05) is 0 Å². The monoisotopic (exact) mass is 341 g/mol. The molecule has 1 saturated heterocycles. The van der Waals surface area contributed by atoms with Crippen LogP contribution in [0, 0.1) is 5.92 Å². The first-order valence-corrected chi connectivity index (χ1v) is 8.29. The van der Waals surface area contributed by atoms with Gasteiger partial charge in [-0.05, 0) is 0 Å². The molecule has 0 aliphatic carbocycles. The fourth-order valence-electron chi connectivity index (χ4n) is 1.82. The molecule has 0 aromatic rings. The first-order chi connectivity index (χ1) is 7.50. The van der Waals surface area contributed by atoms with Crippen molar-refractivity contribution in [1.29, 1.82) is 0 Å². The summed E-state index contributed by atoms with van der Waals surface area (Å²) in [4.78, 5) is 33.7. The predicted octanol–water partition coefficient (Wildman–Crippen LogP) is 0.386. The molecule has 1 fully saturated rings. The number of allylic oxidation sites excluding steroid dienone is 1. The molecule has 88 valence electrons. The van der Waals surface area contributed by atoms with E-state index in [0.29, 0.717) is 0 Å². The number of amides is 2. The van der Waals surface area contributed by atoms with Gasteiger partial charge in [0.05, 0.1) is 0 Å². The topological polar surface area (TPSA) is 80.3 Å². The summed E-state index contributed by atoms with van der Waals surface area (Å²) in [6.07, 6.45) is 0.274. The van der Waals surface area contributed by atoms with E-state index in [0.717, 1.165) is 4.08 Å². The molecule has 2 heterocycles. The third kappa shape index (κ3) is 1.83. The molecule has 0 radical (unpaired) electrons. The number of nitrogens with one attached hydrogen (secondary N) is 1. The van der Waals surface area contributed by atoms with E-state index >= 15 is 0 Å². The van der Waals surface area contributed by atoms with Crippen molar-refractivity contribution in [3.8, 4) is 0 Å². The Labute approximate surface area is 97.2 Å². The fraction of sp³-hybridized carbons (Fsp3) is 0.444. The first kappa shape index (κ1) is 11.5. The van der Waals surface area contributed by atoms with Crippen LogP contribution in [0.25, 0.3) is 0 Å². The molecule has 5 nitrogen and oxygen atoms in total. The van der Waals surface area contributed by atoms with Gasteiger partial charge in [0.2, 0.25) is 0 Å². The van der Waals surface area contributed by atoms with Crippen LogP contribution in [0.3, 0.4) is 0 Å². The Balaban J connectivity index is 2.21. The summed E-state index contributed by atoms with van der Waals surface area (Å²) in [6.45, 7) is 0. The predicted molar refractivity (Wildman–Crippen MR) is 60.0 cm³/mol. The Morgan fingerprint density at radius 3 is 2.56 bits per heavy atom. The normalized spacial score (nSPS) is 37.2. The molecule has 2 aliphatic heterocycles. The second-order valence-electron chi connectivity index (χ2n) is 3.64. The Morgan fingerprint density at radius 2 is 2.06 bits per heavy atom. The molecule has 0 bridgehead atoms. The molecule has 0 saturated carbocycles. The number of halogens is 2. The summed E-state index contributed by atoms with van der Waals surface area (Å²) in [5.41, 5.74) is 0. The molecule has 0 spiro atoms. The van der Waals surface area contributed by atoms with Crippen molar-refractivity contribution in [2.24, 2.45) is 5.92 Å². The Hall–Kier alpha value is -0.990. The number of rotatable bonds is 1. The van der Waals surface area contributed by atoms with Gasteiger partial charge in [-0.3, -0.25) is 0 Å². The van der Waals surface area contributed by atoms with Crippen molar-refractivity contribution in [3.05, 3.63) is 9.91 Å². The van der Waals surface area contributed by atoms with Gasteiger partial charge in [-0.15, -0.1) is 0 Å². The Bertz CT molecular complexity index is 445. The summed E-state index contributed by atoms with van der Waals surface area (Å²) >= 11 is -3.23. The SMILES string of the molecule is O=C1CCC(C2C(=O)C(F)=C[IH]2=O)C(=O)N1. The van der Waals surface area contributed by atoms with Gasteiger partial charge < -0.3 is 0 Å². The van der Waals surface area contributed by atoms with Crippen LogP contribution < -0.4 is 5.32 Å². The third-order valence-corrected chi connectivity index (χ3v) is 6.84. The minimum absolute atomic E-state index is 0.105. The second kappa shape index (κ2) is 4.11. The standard InChI is InChI=1S/C9H9FINO4/c10-5-3-11(16)7(8(5)14)4-1-2-6(13)12-9(4)15/h3-4,7,11H,1-2H2,(H,12,13,15). The number of alkyl halides is 1. The van der Waals surface area contributed by atoms with Crippen LogP contribution in [0.1, 0.15) is 12.8 Å². The summed E-state index contributed by atoms with van der Waals surface area (Å²) in [5.74, 6) is -3.68. The van der Waals surface area contributed by atoms with E-state index in [1.165, 1.54) is 0 Å². The van der Waals surface area contributed by atoms with Gasteiger partial charge >= 0.3 is 97.2 Å². The fourth-order valence-corrected chi connectivity index (χ4v) is 5.74. The number of imide groups is 1. The molecule has 0 aromatic carbocycles. The first-order valence-electron chi connectivity index (χ1n) is 4.65. The van der Waals surface area contributed by atoms with E-state index in [9.17, 15) is 21.8 Å². The maximum absolute atomic E-state index is 12.9. The number of piperidine rings is 1. The zero-order valence-corrected chi connectivity index (χ0v) is 10.4. The molecule has 2 aliphatic rings. The van der Waals surface area contributed by atoms with E-state index in [1.807, 2.05) is 0 Å². The average Bonchev–Trinajstić information content (AvgIpc) is 2.43. The summed E-state index contributed by atoms with van der Waals surface area (Å²) in [6, 6.07) is 0. The number of carbonyl (C=O) groups excluding carboxylic acids is 3. The number of Topliss-reactive ketones (excluding diaryl/α,β-unsaturated/α-hetero) is 1. The zero-order valence-electron chi connectivity index (χ0n) is 8.07. The van der Waals surface area contributed by atoms with Crippen molar-refractivity contribution < 1.29 is 21.8 Å². The van der Waals surface area contributed by atoms with Gasteiger partial charge in [0.25, 0.3) is 0 Å². The second-order valence-corrected chi connectivity index (χ2v) is 7.63. The van der Waals surface area contributed by atoms with Gasteiger partial charge in [-0.25, -0.2) is 0 Å². The zero-order chi connectivity index (χ0) is 11.9. The number of hydrogen-bond donors (Lipinski definition) is 1. The van der Waals surface area contributed by atoms with Crippen molar-refractivity contribution >= 4 is 37.4 Å². The van der Waals surface area contributed by atoms with Crippen LogP contribution in [0.4, 0.5) is 4.39 Å². The number of carbonyl (C=O) groups is 3. The van der Waals surface area contributed by atoms with Crippen LogP contribution in [0.15, 0.2) is 9.91 Å². The molecule has 0 aromatic heterocycles. The summed E-state index contributed by atoms with van der Waals surface area (Å²) < 4.78 is 24.3.